The van der Waals surface area contributed by atoms with E-state index in [2.05, 4.69) is 33.4 Å². The van der Waals surface area contributed by atoms with Gasteiger partial charge in [-0.1, -0.05) is 34.5 Å². The maximum atomic E-state index is 11.7. The first-order chi connectivity index (χ1) is 8.66. The van der Waals surface area contributed by atoms with Crippen LogP contribution in [0.2, 0.25) is 0 Å². The fraction of sp³-hybridized carbons (Fsp3) is 0.500. The molecule has 0 aromatic heterocycles. The van der Waals surface area contributed by atoms with E-state index < -0.39 is 0 Å². The number of hydrogen-bond donors (Lipinski definition) is 1. The van der Waals surface area contributed by atoms with Crippen LogP contribution in [0.1, 0.15) is 24.8 Å². The Hall–Kier alpha value is -0.870. The SMILES string of the molecule is COC(=O)C1(CNCc2ccc(Br)cc2)CCC1. The summed E-state index contributed by atoms with van der Waals surface area (Å²) >= 11 is 3.41. The first-order valence-electron chi connectivity index (χ1n) is 6.20. The van der Waals surface area contributed by atoms with Crippen molar-refractivity contribution in [2.75, 3.05) is 13.7 Å². The number of hydrogen-bond acceptors (Lipinski definition) is 3. The van der Waals surface area contributed by atoms with Gasteiger partial charge in [-0.3, -0.25) is 4.79 Å². The number of methoxy groups -OCH3 is 1. The van der Waals surface area contributed by atoms with E-state index >= 15 is 0 Å². The van der Waals surface area contributed by atoms with Crippen LogP contribution in [0.5, 0.6) is 0 Å². The molecule has 0 unspecified atom stereocenters. The molecule has 0 aliphatic heterocycles. The van der Waals surface area contributed by atoms with Crippen molar-refractivity contribution in [1.29, 1.82) is 0 Å². The fourth-order valence-corrected chi connectivity index (χ4v) is 2.59. The van der Waals surface area contributed by atoms with Gasteiger partial charge in [0.2, 0.25) is 0 Å². The van der Waals surface area contributed by atoms with Gasteiger partial charge in [0.25, 0.3) is 0 Å². The minimum atomic E-state index is -0.274. The zero-order chi connectivity index (χ0) is 13.0. The summed E-state index contributed by atoms with van der Waals surface area (Å²) in [5.74, 6) is -0.0722. The van der Waals surface area contributed by atoms with E-state index in [1.807, 2.05) is 12.1 Å². The minimum Gasteiger partial charge on any atom is -0.469 e. The number of ether oxygens (including phenoxy) is 1. The molecule has 98 valence electrons. The van der Waals surface area contributed by atoms with Crippen LogP contribution in [0.4, 0.5) is 0 Å². The lowest BCUT2D eigenvalue weighted by Gasteiger charge is -2.39. The predicted octanol–water partition coefficient (Wildman–Crippen LogP) is 2.88. The van der Waals surface area contributed by atoms with E-state index in [1.54, 1.807) is 0 Å². The molecule has 2 rings (SSSR count). The number of nitrogens with one attached hydrogen (secondary N) is 1. The third-order valence-electron chi connectivity index (χ3n) is 3.63. The lowest BCUT2D eigenvalue weighted by Crippen LogP contribution is -2.46. The summed E-state index contributed by atoms with van der Waals surface area (Å²) in [6, 6.07) is 8.19. The first kappa shape index (κ1) is 13.6. The van der Waals surface area contributed by atoms with Gasteiger partial charge in [0.05, 0.1) is 12.5 Å². The Kier molecular flexibility index (Phi) is 4.40. The van der Waals surface area contributed by atoms with E-state index in [9.17, 15) is 4.79 Å². The van der Waals surface area contributed by atoms with Crippen molar-refractivity contribution >= 4 is 21.9 Å². The van der Waals surface area contributed by atoms with Gasteiger partial charge in [0.15, 0.2) is 0 Å². The van der Waals surface area contributed by atoms with Crippen LogP contribution in [0.3, 0.4) is 0 Å². The number of carbonyl (C=O) groups is 1. The Morgan fingerprint density at radius 1 is 1.39 bits per heavy atom. The van der Waals surface area contributed by atoms with Crippen LogP contribution in [-0.4, -0.2) is 19.6 Å². The molecular weight excluding hydrogens is 294 g/mol. The normalized spacial score (nSPS) is 17.0. The Morgan fingerprint density at radius 3 is 2.56 bits per heavy atom. The summed E-state index contributed by atoms with van der Waals surface area (Å²) in [6.07, 6.45) is 3.00. The second-order valence-corrected chi connectivity index (χ2v) is 5.77. The Bertz CT molecular complexity index is 412. The molecule has 18 heavy (non-hydrogen) atoms. The summed E-state index contributed by atoms with van der Waals surface area (Å²) in [5.41, 5.74) is 0.946. The average Bonchev–Trinajstić information content (AvgIpc) is 2.34. The molecule has 1 saturated carbocycles. The summed E-state index contributed by atoms with van der Waals surface area (Å²) < 4.78 is 5.97. The molecule has 0 saturated heterocycles. The quantitative estimate of drug-likeness (QED) is 0.850. The lowest BCUT2D eigenvalue weighted by atomic mass is 9.68. The van der Waals surface area contributed by atoms with E-state index in [1.165, 1.54) is 12.7 Å². The van der Waals surface area contributed by atoms with Crippen LogP contribution in [0.15, 0.2) is 28.7 Å². The molecule has 0 bridgehead atoms. The third kappa shape index (κ3) is 2.93. The van der Waals surface area contributed by atoms with Crippen molar-refractivity contribution in [2.24, 2.45) is 5.41 Å². The monoisotopic (exact) mass is 311 g/mol. The Morgan fingerprint density at radius 2 is 2.06 bits per heavy atom. The molecule has 1 aromatic rings. The molecule has 0 heterocycles. The third-order valence-corrected chi connectivity index (χ3v) is 4.16. The average molecular weight is 312 g/mol. The van der Waals surface area contributed by atoms with Gasteiger partial charge in [0, 0.05) is 17.6 Å². The molecule has 1 aliphatic carbocycles. The molecule has 1 aliphatic rings. The highest BCUT2D eigenvalue weighted by Gasteiger charge is 2.44. The standard InChI is InChI=1S/C14H18BrNO2/c1-18-13(17)14(7-2-8-14)10-16-9-11-3-5-12(15)6-4-11/h3-6,16H,2,7-10H2,1H3. The number of benzene rings is 1. The van der Waals surface area contributed by atoms with Crippen LogP contribution in [0, 0.1) is 5.41 Å². The molecule has 1 aromatic carbocycles. The molecule has 1 N–H and O–H groups in total. The van der Waals surface area contributed by atoms with Crippen LogP contribution in [0.25, 0.3) is 0 Å². The maximum absolute atomic E-state index is 11.7. The smallest absolute Gasteiger partial charge is 0.313 e. The van der Waals surface area contributed by atoms with Gasteiger partial charge >= 0.3 is 5.97 Å². The lowest BCUT2D eigenvalue weighted by molar-refractivity contribution is -0.158. The van der Waals surface area contributed by atoms with Gasteiger partial charge in [-0.25, -0.2) is 0 Å². The second kappa shape index (κ2) is 5.85. The van der Waals surface area contributed by atoms with Crippen molar-refractivity contribution in [2.45, 2.75) is 25.8 Å². The zero-order valence-corrected chi connectivity index (χ0v) is 12.1. The van der Waals surface area contributed by atoms with Crippen molar-refractivity contribution in [1.82, 2.24) is 5.32 Å². The Labute approximate surface area is 116 Å². The van der Waals surface area contributed by atoms with Gasteiger partial charge in [-0.15, -0.1) is 0 Å². The van der Waals surface area contributed by atoms with Crippen LogP contribution < -0.4 is 5.32 Å². The van der Waals surface area contributed by atoms with Gasteiger partial charge in [-0.2, -0.15) is 0 Å². The molecule has 0 atom stereocenters. The van der Waals surface area contributed by atoms with Gasteiger partial charge < -0.3 is 10.1 Å². The first-order valence-corrected chi connectivity index (χ1v) is 6.99. The molecule has 4 heteroatoms. The second-order valence-electron chi connectivity index (χ2n) is 4.86. The highest BCUT2D eigenvalue weighted by molar-refractivity contribution is 9.10. The molecule has 0 radical (unpaired) electrons. The topological polar surface area (TPSA) is 38.3 Å². The number of carbonyl (C=O) groups excluding carboxylic acids is 1. The molecule has 0 spiro atoms. The van der Waals surface area contributed by atoms with Crippen molar-refractivity contribution in [3.8, 4) is 0 Å². The summed E-state index contributed by atoms with van der Waals surface area (Å²) in [6.45, 7) is 1.49. The highest BCUT2D eigenvalue weighted by atomic mass is 79.9. The van der Waals surface area contributed by atoms with Crippen molar-refractivity contribution in [3.05, 3.63) is 34.3 Å². The molecule has 3 nitrogen and oxygen atoms in total. The molecule has 1 fully saturated rings. The van der Waals surface area contributed by atoms with Gasteiger partial charge in [-0.05, 0) is 30.5 Å². The maximum Gasteiger partial charge on any atom is 0.313 e. The zero-order valence-electron chi connectivity index (χ0n) is 10.5. The van der Waals surface area contributed by atoms with E-state index in [0.29, 0.717) is 6.54 Å². The van der Waals surface area contributed by atoms with E-state index in [-0.39, 0.29) is 11.4 Å². The highest BCUT2D eigenvalue weighted by Crippen LogP contribution is 2.41. The van der Waals surface area contributed by atoms with Crippen molar-refractivity contribution in [3.63, 3.8) is 0 Å². The number of halogens is 1. The summed E-state index contributed by atoms with van der Waals surface area (Å²) in [4.78, 5) is 11.7. The van der Waals surface area contributed by atoms with Crippen molar-refractivity contribution < 1.29 is 9.53 Å². The van der Waals surface area contributed by atoms with Gasteiger partial charge in [0.1, 0.15) is 0 Å². The van der Waals surface area contributed by atoms with Crippen LogP contribution >= 0.6 is 15.9 Å². The number of rotatable bonds is 5. The van der Waals surface area contributed by atoms with Crippen LogP contribution in [-0.2, 0) is 16.1 Å². The fourth-order valence-electron chi connectivity index (χ4n) is 2.32. The number of esters is 1. The summed E-state index contributed by atoms with van der Waals surface area (Å²) in [5, 5.41) is 3.36. The van der Waals surface area contributed by atoms with E-state index in [0.717, 1.165) is 30.3 Å². The Balaban J connectivity index is 1.84. The predicted molar refractivity (Wildman–Crippen MR) is 74.1 cm³/mol. The molecular formula is C14H18BrNO2. The minimum absolute atomic E-state index is 0.0722. The molecule has 0 amide bonds. The van der Waals surface area contributed by atoms with E-state index in [4.69, 9.17) is 4.74 Å². The summed E-state index contributed by atoms with van der Waals surface area (Å²) in [7, 11) is 1.47. The largest absolute Gasteiger partial charge is 0.469 e.